The van der Waals surface area contributed by atoms with Crippen molar-refractivity contribution in [3.05, 3.63) is 71.8 Å². The third kappa shape index (κ3) is 2.79. The number of carbonyl (C=O) groups excluding carboxylic acids is 1. The Morgan fingerprint density at radius 2 is 1.00 bits per heavy atom. The Morgan fingerprint density at radius 1 is 0.667 bits per heavy atom. The van der Waals surface area contributed by atoms with Gasteiger partial charge in [-0.25, -0.2) is 0 Å². The molecular formula is C13H10CrO. The van der Waals surface area contributed by atoms with Gasteiger partial charge in [0.1, 0.15) is 0 Å². The third-order valence-electron chi connectivity index (χ3n) is 2.07. The van der Waals surface area contributed by atoms with Gasteiger partial charge in [0.05, 0.1) is 0 Å². The zero-order valence-electron chi connectivity index (χ0n) is 8.09. The van der Waals surface area contributed by atoms with E-state index in [9.17, 15) is 4.79 Å². The molecule has 0 radical (unpaired) electrons. The standard InChI is InChI=1S/C13H10O.Cr/c14-13(11-7-3-1-4-8-11)12-9-5-2-6-10-12;/h1-10H;. The second-order valence-electron chi connectivity index (χ2n) is 3.06. The van der Waals surface area contributed by atoms with Crippen LogP contribution < -0.4 is 0 Å². The van der Waals surface area contributed by atoms with Crippen molar-refractivity contribution in [2.45, 2.75) is 0 Å². The van der Waals surface area contributed by atoms with Gasteiger partial charge < -0.3 is 0 Å². The Morgan fingerprint density at radius 3 is 1.33 bits per heavy atom. The fraction of sp³-hybridized carbons (Fsp3) is 0. The monoisotopic (exact) mass is 234 g/mol. The van der Waals surface area contributed by atoms with Crippen molar-refractivity contribution in [2.75, 3.05) is 0 Å². The summed E-state index contributed by atoms with van der Waals surface area (Å²) in [5, 5.41) is 0. The van der Waals surface area contributed by atoms with E-state index in [1.165, 1.54) is 0 Å². The summed E-state index contributed by atoms with van der Waals surface area (Å²) in [6, 6.07) is 18.6. The molecule has 2 rings (SSSR count). The van der Waals surface area contributed by atoms with Crippen LogP contribution >= 0.6 is 0 Å². The molecule has 0 aliphatic rings. The molecule has 0 amide bonds. The second kappa shape index (κ2) is 5.51. The molecule has 0 unspecified atom stereocenters. The summed E-state index contributed by atoms with van der Waals surface area (Å²) in [6.07, 6.45) is 0. The van der Waals surface area contributed by atoms with Gasteiger partial charge in [-0.05, 0) is 0 Å². The van der Waals surface area contributed by atoms with Gasteiger partial charge in [0.15, 0.2) is 5.78 Å². The third-order valence-corrected chi connectivity index (χ3v) is 2.07. The summed E-state index contributed by atoms with van der Waals surface area (Å²) in [7, 11) is 0. The first-order chi connectivity index (χ1) is 6.88. The number of hydrogen-bond donors (Lipinski definition) is 0. The Labute approximate surface area is 99.9 Å². The molecule has 0 N–H and O–H groups in total. The fourth-order valence-electron chi connectivity index (χ4n) is 1.35. The molecule has 0 bridgehead atoms. The Bertz CT molecular complexity index is 381. The molecule has 74 valence electrons. The first-order valence-corrected chi connectivity index (χ1v) is 4.53. The fourth-order valence-corrected chi connectivity index (χ4v) is 1.35. The van der Waals surface area contributed by atoms with Crippen LogP contribution in [0.25, 0.3) is 0 Å². The number of rotatable bonds is 2. The van der Waals surface area contributed by atoms with Crippen LogP contribution in [0.1, 0.15) is 15.9 Å². The quantitative estimate of drug-likeness (QED) is 0.730. The van der Waals surface area contributed by atoms with E-state index in [2.05, 4.69) is 0 Å². The molecule has 15 heavy (non-hydrogen) atoms. The molecule has 2 aromatic rings. The van der Waals surface area contributed by atoms with Crippen LogP contribution in [0, 0.1) is 0 Å². The molecule has 0 fully saturated rings. The molecule has 2 aromatic carbocycles. The normalized spacial score (nSPS) is 9.07. The predicted molar refractivity (Wildman–Crippen MR) is 56.3 cm³/mol. The van der Waals surface area contributed by atoms with Crippen LogP contribution in [-0.2, 0) is 17.4 Å². The summed E-state index contributed by atoms with van der Waals surface area (Å²) in [5.74, 6) is 0.0752. The predicted octanol–water partition coefficient (Wildman–Crippen LogP) is 2.92. The minimum Gasteiger partial charge on any atom is -0.289 e. The first-order valence-electron chi connectivity index (χ1n) is 4.53. The van der Waals surface area contributed by atoms with E-state index in [0.29, 0.717) is 0 Å². The summed E-state index contributed by atoms with van der Waals surface area (Å²) in [4.78, 5) is 11.8. The molecule has 0 heterocycles. The van der Waals surface area contributed by atoms with Crippen LogP contribution in [0.4, 0.5) is 0 Å². The number of hydrogen-bond acceptors (Lipinski definition) is 1. The maximum absolute atomic E-state index is 11.8. The van der Waals surface area contributed by atoms with E-state index < -0.39 is 0 Å². The van der Waals surface area contributed by atoms with Gasteiger partial charge in [-0.3, -0.25) is 4.79 Å². The largest absolute Gasteiger partial charge is 0.289 e. The van der Waals surface area contributed by atoms with Crippen molar-refractivity contribution < 1.29 is 22.2 Å². The number of benzene rings is 2. The van der Waals surface area contributed by atoms with E-state index in [-0.39, 0.29) is 23.1 Å². The Balaban J connectivity index is 0.00000112. The summed E-state index contributed by atoms with van der Waals surface area (Å²) in [5.41, 5.74) is 1.47. The van der Waals surface area contributed by atoms with E-state index >= 15 is 0 Å². The van der Waals surface area contributed by atoms with Crippen LogP contribution in [0.15, 0.2) is 60.7 Å². The van der Waals surface area contributed by atoms with E-state index in [0.717, 1.165) is 11.1 Å². The van der Waals surface area contributed by atoms with Crippen molar-refractivity contribution >= 4 is 5.78 Å². The molecule has 0 atom stereocenters. The van der Waals surface area contributed by atoms with Crippen LogP contribution in [0.5, 0.6) is 0 Å². The topological polar surface area (TPSA) is 17.1 Å². The average molecular weight is 234 g/mol. The number of ketones is 1. The minimum absolute atomic E-state index is 0. The van der Waals surface area contributed by atoms with Crippen LogP contribution in [0.3, 0.4) is 0 Å². The molecule has 0 saturated carbocycles. The summed E-state index contributed by atoms with van der Waals surface area (Å²) < 4.78 is 0. The van der Waals surface area contributed by atoms with E-state index in [4.69, 9.17) is 0 Å². The molecule has 0 aliphatic heterocycles. The molecule has 1 nitrogen and oxygen atoms in total. The molecule has 0 aromatic heterocycles. The van der Waals surface area contributed by atoms with E-state index in [1.807, 2.05) is 60.7 Å². The van der Waals surface area contributed by atoms with Gasteiger partial charge in [0, 0.05) is 28.5 Å². The maximum Gasteiger partial charge on any atom is 0.193 e. The molecule has 0 aliphatic carbocycles. The number of carbonyl (C=O) groups is 1. The second-order valence-corrected chi connectivity index (χ2v) is 3.06. The van der Waals surface area contributed by atoms with Crippen molar-refractivity contribution in [3.63, 3.8) is 0 Å². The zero-order chi connectivity index (χ0) is 9.80. The van der Waals surface area contributed by atoms with Crippen LogP contribution in [-0.4, -0.2) is 5.78 Å². The Kier molecular flexibility index (Phi) is 4.30. The van der Waals surface area contributed by atoms with Gasteiger partial charge in [0.2, 0.25) is 0 Å². The Hall–Kier alpha value is -1.36. The summed E-state index contributed by atoms with van der Waals surface area (Å²) >= 11 is 0. The minimum atomic E-state index is 0. The smallest absolute Gasteiger partial charge is 0.193 e. The van der Waals surface area contributed by atoms with Crippen LogP contribution in [0.2, 0.25) is 0 Å². The maximum atomic E-state index is 11.8. The van der Waals surface area contributed by atoms with E-state index in [1.54, 1.807) is 0 Å². The molecule has 2 heteroatoms. The van der Waals surface area contributed by atoms with Gasteiger partial charge in [0.25, 0.3) is 0 Å². The molecular weight excluding hydrogens is 224 g/mol. The molecule has 0 saturated heterocycles. The first kappa shape index (κ1) is 11.7. The van der Waals surface area contributed by atoms with Gasteiger partial charge >= 0.3 is 0 Å². The van der Waals surface area contributed by atoms with Gasteiger partial charge in [-0.15, -0.1) is 0 Å². The summed E-state index contributed by atoms with van der Waals surface area (Å²) in [6.45, 7) is 0. The zero-order valence-corrected chi connectivity index (χ0v) is 9.37. The van der Waals surface area contributed by atoms with Gasteiger partial charge in [-0.1, -0.05) is 60.7 Å². The van der Waals surface area contributed by atoms with Crippen molar-refractivity contribution in [1.82, 2.24) is 0 Å². The average Bonchev–Trinajstić information content (AvgIpc) is 2.30. The van der Waals surface area contributed by atoms with Gasteiger partial charge in [-0.2, -0.15) is 0 Å². The van der Waals surface area contributed by atoms with Crippen molar-refractivity contribution in [3.8, 4) is 0 Å². The van der Waals surface area contributed by atoms with Crippen molar-refractivity contribution in [2.24, 2.45) is 0 Å². The SMILES string of the molecule is O=C(c1ccccc1)c1ccccc1.[Cr]. The molecule has 0 spiro atoms. The van der Waals surface area contributed by atoms with Crippen molar-refractivity contribution in [1.29, 1.82) is 0 Å².